The number of hydrogen-bond donors (Lipinski definition) is 1. The van der Waals surface area contributed by atoms with Gasteiger partial charge in [-0.1, -0.05) is 12.1 Å². The number of nitrogens with zero attached hydrogens (tertiary/aromatic N) is 2. The molecule has 6 nitrogen and oxygen atoms in total. The van der Waals surface area contributed by atoms with Crippen LogP contribution in [0.3, 0.4) is 0 Å². The lowest BCUT2D eigenvalue weighted by molar-refractivity contribution is -0.144. The third-order valence-corrected chi connectivity index (χ3v) is 3.12. The van der Waals surface area contributed by atoms with E-state index in [2.05, 4.69) is 5.16 Å². The van der Waals surface area contributed by atoms with Crippen LogP contribution in [-0.2, 0) is 9.59 Å². The third kappa shape index (κ3) is 3.81. The highest BCUT2D eigenvalue weighted by molar-refractivity contribution is 5.81. The number of hydrogen-bond acceptors (Lipinski definition) is 4. The second kappa shape index (κ2) is 6.36. The molecule has 1 N–H and O–H groups in total. The van der Waals surface area contributed by atoms with Gasteiger partial charge in [-0.25, -0.2) is 0 Å². The van der Waals surface area contributed by atoms with E-state index >= 15 is 0 Å². The Balaban J connectivity index is 2.73. The Hall–Kier alpha value is -1.85. The van der Waals surface area contributed by atoms with E-state index in [1.165, 1.54) is 4.90 Å². The average Bonchev–Trinajstić information content (AvgIpc) is 2.65. The summed E-state index contributed by atoms with van der Waals surface area (Å²) in [5.74, 6) is -0.502. The normalized spacial score (nSPS) is 12.2. The fourth-order valence-corrected chi connectivity index (χ4v) is 2.23. The fraction of sp³-hybridized carbons (Fsp3) is 0.615. The lowest BCUT2D eigenvalue weighted by Gasteiger charge is -2.20. The summed E-state index contributed by atoms with van der Waals surface area (Å²) in [6, 6.07) is 0. The van der Waals surface area contributed by atoms with Gasteiger partial charge in [0.25, 0.3) is 0 Å². The van der Waals surface area contributed by atoms with Gasteiger partial charge in [0, 0.05) is 18.5 Å². The molecule has 19 heavy (non-hydrogen) atoms. The molecule has 6 heteroatoms. The van der Waals surface area contributed by atoms with Crippen LogP contribution in [0.15, 0.2) is 4.52 Å². The Labute approximate surface area is 112 Å². The minimum Gasteiger partial charge on any atom is -0.480 e. The van der Waals surface area contributed by atoms with Crippen molar-refractivity contribution in [2.45, 2.75) is 40.0 Å². The zero-order valence-corrected chi connectivity index (χ0v) is 11.8. The second-order valence-corrected chi connectivity index (χ2v) is 4.64. The lowest BCUT2D eigenvalue weighted by atomic mass is 9.95. The van der Waals surface area contributed by atoms with Crippen molar-refractivity contribution in [3.63, 3.8) is 0 Å². The number of carboxylic acid groups (broad SMARTS) is 1. The molecule has 106 valence electrons. The summed E-state index contributed by atoms with van der Waals surface area (Å²) in [4.78, 5) is 24.1. The van der Waals surface area contributed by atoms with Gasteiger partial charge in [0.2, 0.25) is 5.91 Å². The monoisotopic (exact) mass is 268 g/mol. The summed E-state index contributed by atoms with van der Waals surface area (Å²) >= 11 is 0. The van der Waals surface area contributed by atoms with Crippen LogP contribution in [0.4, 0.5) is 0 Å². The summed E-state index contributed by atoms with van der Waals surface area (Å²) in [6.07, 6.45) is 0.254. The van der Waals surface area contributed by atoms with Gasteiger partial charge in [-0.3, -0.25) is 9.59 Å². The molecule has 0 saturated heterocycles. The Morgan fingerprint density at radius 3 is 2.47 bits per heavy atom. The summed E-state index contributed by atoms with van der Waals surface area (Å²) in [6.45, 7) is 7.45. The van der Waals surface area contributed by atoms with Crippen LogP contribution >= 0.6 is 0 Å². The predicted molar refractivity (Wildman–Crippen MR) is 68.9 cm³/mol. The summed E-state index contributed by atoms with van der Waals surface area (Å²) in [7, 11) is 0. The number of rotatable bonds is 6. The average molecular weight is 268 g/mol. The largest absolute Gasteiger partial charge is 0.480 e. The zero-order valence-electron chi connectivity index (χ0n) is 11.8. The fourth-order valence-electron chi connectivity index (χ4n) is 2.23. The molecule has 0 bridgehead atoms. The van der Waals surface area contributed by atoms with Gasteiger partial charge in [0.1, 0.15) is 12.3 Å². The highest BCUT2D eigenvalue weighted by Gasteiger charge is 2.22. The molecule has 1 heterocycles. The highest BCUT2D eigenvalue weighted by Crippen LogP contribution is 2.26. The van der Waals surface area contributed by atoms with Crippen LogP contribution in [-0.4, -0.2) is 40.1 Å². The standard InChI is InChI=1S/C13H20N2O4/c1-5-15(7-12(17)18)11(16)6-8(2)13-9(3)14-19-10(13)4/h8H,5-7H2,1-4H3,(H,17,18). The first kappa shape index (κ1) is 15.2. The summed E-state index contributed by atoms with van der Waals surface area (Å²) in [5.41, 5.74) is 1.71. The van der Waals surface area contributed by atoms with E-state index in [0.717, 1.165) is 11.3 Å². The smallest absolute Gasteiger partial charge is 0.323 e. The SMILES string of the molecule is CCN(CC(=O)O)C(=O)CC(C)c1c(C)noc1C. The van der Waals surface area contributed by atoms with Gasteiger partial charge >= 0.3 is 5.97 Å². The van der Waals surface area contributed by atoms with Crippen molar-refractivity contribution < 1.29 is 19.2 Å². The predicted octanol–water partition coefficient (Wildman–Crippen LogP) is 1.72. The summed E-state index contributed by atoms with van der Waals surface area (Å²) < 4.78 is 5.08. The number of aryl methyl sites for hydroxylation is 2. The van der Waals surface area contributed by atoms with E-state index in [0.29, 0.717) is 12.3 Å². The maximum Gasteiger partial charge on any atom is 0.323 e. The number of aliphatic carboxylic acids is 1. The van der Waals surface area contributed by atoms with E-state index < -0.39 is 5.97 Å². The zero-order chi connectivity index (χ0) is 14.6. The quantitative estimate of drug-likeness (QED) is 0.849. The Morgan fingerprint density at radius 2 is 2.05 bits per heavy atom. The van der Waals surface area contributed by atoms with Crippen molar-refractivity contribution >= 4 is 11.9 Å². The third-order valence-electron chi connectivity index (χ3n) is 3.12. The van der Waals surface area contributed by atoms with Crippen molar-refractivity contribution in [3.05, 3.63) is 17.0 Å². The minimum atomic E-state index is -1.000. The number of likely N-dealkylation sites (N-methyl/N-ethyl adjacent to an activating group) is 1. The first-order chi connectivity index (χ1) is 8.86. The van der Waals surface area contributed by atoms with Crippen LogP contribution < -0.4 is 0 Å². The number of carbonyl (C=O) groups is 2. The molecule has 0 fully saturated rings. The second-order valence-electron chi connectivity index (χ2n) is 4.64. The first-order valence-electron chi connectivity index (χ1n) is 6.29. The van der Waals surface area contributed by atoms with Crippen molar-refractivity contribution in [1.29, 1.82) is 0 Å². The summed E-state index contributed by atoms with van der Waals surface area (Å²) in [5, 5.41) is 12.6. The molecule has 0 spiro atoms. The highest BCUT2D eigenvalue weighted by atomic mass is 16.5. The van der Waals surface area contributed by atoms with Crippen molar-refractivity contribution in [1.82, 2.24) is 10.1 Å². The molecule has 0 saturated carbocycles. The topological polar surface area (TPSA) is 83.6 Å². The van der Waals surface area contributed by atoms with E-state index in [9.17, 15) is 9.59 Å². The number of amides is 1. The van der Waals surface area contributed by atoms with Crippen LogP contribution in [0, 0.1) is 13.8 Å². The molecule has 0 radical (unpaired) electrons. The molecule has 1 aromatic heterocycles. The van der Waals surface area contributed by atoms with Gasteiger partial charge < -0.3 is 14.5 Å². The van der Waals surface area contributed by atoms with Crippen molar-refractivity contribution in [2.75, 3.05) is 13.1 Å². The number of carbonyl (C=O) groups excluding carboxylic acids is 1. The van der Waals surface area contributed by atoms with E-state index in [-0.39, 0.29) is 24.8 Å². The Kier molecular flexibility index (Phi) is 5.09. The number of aromatic nitrogens is 1. The Bertz CT molecular complexity index is 448. The molecule has 1 atom stereocenters. The molecule has 0 aliphatic rings. The van der Waals surface area contributed by atoms with Gasteiger partial charge in [-0.2, -0.15) is 0 Å². The van der Waals surface area contributed by atoms with Crippen LogP contribution in [0.2, 0.25) is 0 Å². The lowest BCUT2D eigenvalue weighted by Crippen LogP contribution is -2.36. The molecular formula is C13H20N2O4. The maximum atomic E-state index is 12.0. The van der Waals surface area contributed by atoms with Gasteiger partial charge in [0.05, 0.1) is 5.69 Å². The van der Waals surface area contributed by atoms with Gasteiger partial charge in [-0.15, -0.1) is 0 Å². The molecule has 0 aromatic carbocycles. The van der Waals surface area contributed by atoms with Crippen LogP contribution in [0.1, 0.15) is 43.2 Å². The van der Waals surface area contributed by atoms with E-state index in [4.69, 9.17) is 9.63 Å². The van der Waals surface area contributed by atoms with Gasteiger partial charge in [-0.05, 0) is 26.7 Å². The molecular weight excluding hydrogens is 248 g/mol. The molecule has 1 unspecified atom stereocenters. The number of carboxylic acids is 1. The first-order valence-corrected chi connectivity index (χ1v) is 6.29. The van der Waals surface area contributed by atoms with Crippen LogP contribution in [0.5, 0.6) is 0 Å². The van der Waals surface area contributed by atoms with Crippen molar-refractivity contribution in [3.8, 4) is 0 Å². The van der Waals surface area contributed by atoms with E-state index in [1.54, 1.807) is 6.92 Å². The maximum absolute atomic E-state index is 12.0. The minimum absolute atomic E-state index is 0.0402. The molecule has 1 amide bonds. The molecule has 0 aliphatic carbocycles. The molecule has 1 rings (SSSR count). The van der Waals surface area contributed by atoms with Crippen molar-refractivity contribution in [2.24, 2.45) is 0 Å². The molecule has 1 aromatic rings. The van der Waals surface area contributed by atoms with E-state index in [1.807, 2.05) is 20.8 Å². The Morgan fingerprint density at radius 1 is 1.42 bits per heavy atom. The van der Waals surface area contributed by atoms with Crippen LogP contribution in [0.25, 0.3) is 0 Å². The van der Waals surface area contributed by atoms with Gasteiger partial charge in [0.15, 0.2) is 0 Å². The molecule has 0 aliphatic heterocycles.